The van der Waals surface area contributed by atoms with Crippen molar-refractivity contribution in [2.24, 2.45) is 0 Å². The van der Waals surface area contributed by atoms with Gasteiger partial charge in [-0.2, -0.15) is 0 Å². The molecule has 0 unspecified atom stereocenters. The van der Waals surface area contributed by atoms with Gasteiger partial charge in [0.25, 0.3) is 0 Å². The van der Waals surface area contributed by atoms with Crippen LogP contribution < -0.4 is 0 Å². The Morgan fingerprint density at radius 1 is 0.542 bits per heavy atom. The van der Waals surface area contributed by atoms with Crippen LogP contribution in [-0.4, -0.2) is 65.4 Å². The normalized spacial score (nSPS) is 15.3. The van der Waals surface area contributed by atoms with E-state index in [1.807, 2.05) is 0 Å². The Labute approximate surface area is 174 Å². The summed E-state index contributed by atoms with van der Waals surface area (Å²) in [5, 5.41) is 0. The van der Waals surface area contributed by atoms with Gasteiger partial charge in [-0.15, -0.1) is 0 Å². The standard InChI is InChI=1S/C18H45Si5.Pb/c1-16(2)23(15,17(19(3,4)5)20(6,7)8)18(21(9,10)11)22(12,13)14;/h16-18H,1-14H3;. The fourth-order valence-corrected chi connectivity index (χ4v) is 74.9. The van der Waals surface area contributed by atoms with Gasteiger partial charge in [-0.1, -0.05) is 0 Å². The quantitative estimate of drug-likeness (QED) is 0.280. The first-order valence-electron chi connectivity index (χ1n) is 9.68. The van der Waals surface area contributed by atoms with Crippen molar-refractivity contribution in [2.45, 2.75) is 108 Å². The Morgan fingerprint density at radius 2 is 0.750 bits per heavy atom. The molecule has 1 radical (unpaired) electrons. The van der Waals surface area contributed by atoms with Gasteiger partial charge in [0.05, 0.1) is 0 Å². The minimum absolute atomic E-state index is 0.863. The molecule has 0 aromatic rings. The second-order valence-electron chi connectivity index (χ2n) is 12.5. The van der Waals surface area contributed by atoms with Crippen LogP contribution in [-0.2, 0) is 0 Å². The fourth-order valence-electron chi connectivity index (χ4n) is 6.59. The number of rotatable bonds is 7. The van der Waals surface area contributed by atoms with E-state index in [0.29, 0.717) is 0 Å². The molecule has 24 heavy (non-hydrogen) atoms. The van der Waals surface area contributed by atoms with Crippen molar-refractivity contribution < 1.29 is 0 Å². The summed E-state index contributed by atoms with van der Waals surface area (Å²) in [7, 11) is -6.52. The molecular formula is C18H45PbSi5. The molecule has 0 amide bonds. The first-order chi connectivity index (χ1) is 10.2. The van der Waals surface area contributed by atoms with E-state index in [2.05, 4.69) is 95.4 Å². The molecule has 0 aromatic heterocycles. The molecule has 0 spiro atoms. The molecule has 0 aromatic carbocycles. The van der Waals surface area contributed by atoms with Crippen molar-refractivity contribution in [2.75, 3.05) is 0 Å². The summed E-state index contributed by atoms with van der Waals surface area (Å²) < 4.78 is 4.36. The average Bonchev–Trinajstić information content (AvgIpc) is 2.18. The zero-order chi connectivity index (χ0) is 19.9. The first-order valence-corrected chi connectivity index (χ1v) is 28.2. The van der Waals surface area contributed by atoms with Crippen LogP contribution in [0.4, 0.5) is 0 Å². The van der Waals surface area contributed by atoms with Crippen molar-refractivity contribution in [1.82, 2.24) is 0 Å². The summed E-state index contributed by atoms with van der Waals surface area (Å²) in [5.41, 5.74) is 0.863. The van der Waals surface area contributed by atoms with E-state index in [4.69, 9.17) is 0 Å². The third-order valence-electron chi connectivity index (χ3n) is 5.59. The van der Waals surface area contributed by atoms with E-state index in [9.17, 15) is 0 Å². The van der Waals surface area contributed by atoms with Crippen LogP contribution in [0.15, 0.2) is 0 Å². The number of hydrogen-bond donors (Lipinski definition) is 0. The summed E-state index contributed by atoms with van der Waals surface area (Å²) in [4.78, 5) is 2.14. The molecule has 0 saturated heterocycles. The second kappa shape index (κ2) is 8.03. The van der Waals surface area contributed by atoms with Gasteiger partial charge in [0.2, 0.25) is 0 Å². The Kier molecular flexibility index (Phi) is 8.63. The van der Waals surface area contributed by atoms with Gasteiger partial charge < -0.3 is 0 Å². The molecule has 0 fully saturated rings. The zero-order valence-corrected chi connectivity index (χ0v) is 28.1. The predicted octanol–water partition coefficient (Wildman–Crippen LogP) is 6.76. The van der Waals surface area contributed by atoms with Crippen LogP contribution in [0.1, 0.15) is 13.8 Å². The van der Waals surface area contributed by atoms with E-state index < -0.39 is 40.4 Å². The molecule has 0 heterocycles. The van der Waals surface area contributed by atoms with Gasteiger partial charge in [-0.25, -0.2) is 0 Å². The van der Waals surface area contributed by atoms with Crippen LogP contribution in [0, 0.1) is 2.98 Å². The molecule has 0 nitrogen and oxygen atoms in total. The molecule has 0 saturated carbocycles. The van der Waals surface area contributed by atoms with E-state index >= 15 is 0 Å². The van der Waals surface area contributed by atoms with Crippen LogP contribution in [0.2, 0.25) is 93.7 Å². The Morgan fingerprint density at radius 3 is 0.833 bits per heavy atom. The summed E-state index contributed by atoms with van der Waals surface area (Å²) in [5.74, 6) is 0. The Balaban J connectivity index is 7.02. The van der Waals surface area contributed by atoms with Gasteiger partial charge in [-0.3, -0.25) is 0 Å². The van der Waals surface area contributed by atoms with Crippen LogP contribution in [0.5, 0.6) is 0 Å². The molecule has 0 atom stereocenters. The predicted molar refractivity (Wildman–Crippen MR) is 131 cm³/mol. The van der Waals surface area contributed by atoms with Crippen molar-refractivity contribution in [1.29, 1.82) is 0 Å². The maximum absolute atomic E-state index is 4.36. The molecule has 0 aliphatic heterocycles. The van der Waals surface area contributed by atoms with E-state index in [-0.39, 0.29) is 0 Å². The third kappa shape index (κ3) is 5.64. The second-order valence-corrected chi connectivity index (χ2v) is 44.6. The Bertz CT molecular complexity index is 406. The van der Waals surface area contributed by atoms with Crippen molar-refractivity contribution in [3.63, 3.8) is 0 Å². The number of hydrogen-bond acceptors (Lipinski definition) is 0. The van der Waals surface area contributed by atoms with E-state index in [1.54, 1.807) is 0 Å². The van der Waals surface area contributed by atoms with Crippen LogP contribution >= 0.6 is 0 Å². The van der Waals surface area contributed by atoms with Crippen LogP contribution in [0.3, 0.4) is 0 Å². The minimum atomic E-state index is -1.59. The van der Waals surface area contributed by atoms with E-state index in [1.165, 1.54) is 25.1 Å². The molecular weight excluding hydrogens is 564 g/mol. The molecule has 0 N–H and O–H groups in total. The SMILES string of the molecule is CC(C)[Si]([C]#[Pb])(C([Si](C)(C)C)[Si](C)(C)C)C([Si](C)(C)C)[Si](C)(C)C. The third-order valence-corrected chi connectivity index (χ3v) is 48.3. The molecule has 141 valence electrons. The van der Waals surface area contributed by atoms with Gasteiger partial charge in [0, 0.05) is 0 Å². The van der Waals surface area contributed by atoms with Gasteiger partial charge in [0.1, 0.15) is 0 Å². The molecule has 0 aliphatic carbocycles. The zero-order valence-electron chi connectivity index (χ0n) is 19.2. The van der Waals surface area contributed by atoms with E-state index in [0.717, 1.165) is 15.1 Å². The summed E-state index contributed by atoms with van der Waals surface area (Å²) in [6.45, 7) is 37.4. The van der Waals surface area contributed by atoms with Crippen LogP contribution in [0.25, 0.3) is 0 Å². The molecule has 6 heteroatoms. The molecule has 0 rings (SSSR count). The molecule has 0 aliphatic rings. The monoisotopic (exact) mass is 609 g/mol. The first kappa shape index (κ1) is 25.8. The summed E-state index contributed by atoms with van der Waals surface area (Å²) in [6, 6.07) is 0. The van der Waals surface area contributed by atoms with Gasteiger partial charge in [-0.05, 0) is 0 Å². The Hall–Kier alpha value is 1.79. The summed E-state index contributed by atoms with van der Waals surface area (Å²) >= 11 is 1.18. The molecule has 0 bridgehead atoms. The van der Waals surface area contributed by atoms with Gasteiger partial charge >= 0.3 is 176 Å². The van der Waals surface area contributed by atoms with Crippen molar-refractivity contribution >= 4 is 65.4 Å². The van der Waals surface area contributed by atoms with Crippen molar-refractivity contribution in [3.05, 3.63) is 0 Å². The summed E-state index contributed by atoms with van der Waals surface area (Å²) in [6.07, 6.45) is 0. The average molecular weight is 609 g/mol. The topological polar surface area (TPSA) is 0 Å². The van der Waals surface area contributed by atoms with Crippen molar-refractivity contribution in [3.8, 4) is 2.98 Å². The van der Waals surface area contributed by atoms with Gasteiger partial charge in [0.15, 0.2) is 0 Å². The maximum atomic E-state index is 4.36. The fraction of sp³-hybridized carbons (Fsp3) is 0.944.